The van der Waals surface area contributed by atoms with Crippen LogP contribution < -0.4 is 0 Å². The van der Waals surface area contributed by atoms with Crippen LogP contribution >= 0.6 is 0 Å². The summed E-state index contributed by atoms with van der Waals surface area (Å²) in [5, 5.41) is 4.61. The molecule has 3 aromatic heterocycles. The summed E-state index contributed by atoms with van der Waals surface area (Å²) in [7, 11) is 0. The van der Waals surface area contributed by atoms with Crippen molar-refractivity contribution in [2.45, 2.75) is 0 Å². The van der Waals surface area contributed by atoms with Gasteiger partial charge < -0.3 is 9.13 Å². The molecule has 0 atom stereocenters. The number of hydrogen-bond donors (Lipinski definition) is 0. The van der Waals surface area contributed by atoms with Crippen LogP contribution in [0.2, 0.25) is 0 Å². The average Bonchev–Trinajstić information content (AvgIpc) is 3.88. The molecule has 0 amide bonds. The molecule has 0 aliphatic heterocycles. The predicted octanol–water partition coefficient (Wildman–Crippen LogP) is 16.2. The van der Waals surface area contributed by atoms with Gasteiger partial charge in [0.05, 0.1) is 40.0 Å². The van der Waals surface area contributed by atoms with Crippen molar-refractivity contribution in [1.82, 2.24) is 14.1 Å². The van der Waals surface area contributed by atoms with Gasteiger partial charge in [-0.3, -0.25) is 4.98 Å². The van der Waals surface area contributed by atoms with Crippen molar-refractivity contribution in [3.8, 4) is 67.0 Å². The summed E-state index contributed by atoms with van der Waals surface area (Å²) >= 11 is 0. The van der Waals surface area contributed by atoms with Gasteiger partial charge in [-0.25, -0.2) is 4.85 Å². The summed E-state index contributed by atoms with van der Waals surface area (Å²) in [5.74, 6) is 0. The Morgan fingerprint density at radius 1 is 0.312 bits per heavy atom. The maximum Gasteiger partial charge on any atom is 0.197 e. The van der Waals surface area contributed by atoms with Gasteiger partial charge in [0, 0.05) is 33.9 Å². The molecule has 298 valence electrons. The largest absolute Gasteiger partial charge is 0.308 e. The average molecular weight is 815 g/mol. The lowest BCUT2D eigenvalue weighted by molar-refractivity contribution is 1.10. The van der Waals surface area contributed by atoms with E-state index in [1.54, 1.807) is 12.4 Å². The van der Waals surface area contributed by atoms with Crippen molar-refractivity contribution in [2.75, 3.05) is 0 Å². The quantitative estimate of drug-likeness (QED) is 0.147. The third kappa shape index (κ3) is 6.02. The van der Waals surface area contributed by atoms with E-state index in [1.807, 2.05) is 12.1 Å². The Bertz CT molecular complexity index is 3780. The number of pyridine rings is 1. The molecule has 0 bridgehead atoms. The summed E-state index contributed by atoms with van der Waals surface area (Å²) < 4.78 is 4.80. The highest BCUT2D eigenvalue weighted by Crippen LogP contribution is 2.45. The first-order chi connectivity index (χ1) is 31.7. The molecule has 0 radical (unpaired) electrons. The number of aromatic nitrogens is 3. The van der Waals surface area contributed by atoms with Gasteiger partial charge in [0.2, 0.25) is 0 Å². The lowest BCUT2D eigenvalue weighted by Gasteiger charge is -2.20. The molecule has 4 heteroatoms. The molecule has 9 aromatic carbocycles. The second kappa shape index (κ2) is 15.3. The van der Waals surface area contributed by atoms with Gasteiger partial charge >= 0.3 is 0 Å². The lowest BCUT2D eigenvalue weighted by Crippen LogP contribution is -2.04. The number of benzene rings is 9. The van der Waals surface area contributed by atoms with Gasteiger partial charge in [-0.2, -0.15) is 0 Å². The Kier molecular flexibility index (Phi) is 8.84. The molecule has 4 nitrogen and oxygen atoms in total. The van der Waals surface area contributed by atoms with Crippen molar-refractivity contribution < 1.29 is 0 Å². The molecule has 12 aromatic rings. The Morgan fingerprint density at radius 3 is 1.19 bits per heavy atom. The van der Waals surface area contributed by atoms with Gasteiger partial charge in [0.15, 0.2) is 5.69 Å². The minimum absolute atomic E-state index is 0.569. The smallest absolute Gasteiger partial charge is 0.197 e. The predicted molar refractivity (Wildman–Crippen MR) is 266 cm³/mol. The normalized spacial score (nSPS) is 11.4. The molecular weight excluding hydrogens is 777 g/mol. The van der Waals surface area contributed by atoms with Gasteiger partial charge in [-0.15, -0.1) is 0 Å². The van der Waals surface area contributed by atoms with Crippen molar-refractivity contribution in [3.63, 3.8) is 0 Å². The second-order valence-corrected chi connectivity index (χ2v) is 16.2. The van der Waals surface area contributed by atoms with E-state index in [1.165, 1.54) is 27.8 Å². The van der Waals surface area contributed by atoms with Crippen LogP contribution in [0.15, 0.2) is 231 Å². The van der Waals surface area contributed by atoms with Crippen LogP contribution in [0.3, 0.4) is 0 Å². The van der Waals surface area contributed by atoms with Crippen LogP contribution in [0.1, 0.15) is 0 Å². The summed E-state index contributed by atoms with van der Waals surface area (Å²) in [5.41, 5.74) is 17.8. The van der Waals surface area contributed by atoms with E-state index in [2.05, 4.69) is 225 Å². The van der Waals surface area contributed by atoms with E-state index in [0.717, 1.165) is 82.8 Å². The molecule has 0 N–H and O–H groups in total. The molecule has 0 unspecified atom stereocenters. The summed E-state index contributed by atoms with van der Waals surface area (Å²) in [4.78, 5) is 8.58. The Balaban J connectivity index is 1.18. The van der Waals surface area contributed by atoms with Gasteiger partial charge in [-0.1, -0.05) is 170 Å². The van der Waals surface area contributed by atoms with Crippen LogP contribution in [-0.2, 0) is 0 Å². The van der Waals surface area contributed by atoms with Crippen LogP contribution in [0.5, 0.6) is 0 Å². The fourth-order valence-electron chi connectivity index (χ4n) is 9.78. The molecule has 3 heterocycles. The first-order valence-electron chi connectivity index (χ1n) is 21.6. The standard InChI is InChI=1S/C60H38N4/c1-61-54-39-60(64-56-27-15-13-25-50(56)52-31-29-44(37-58(52)64)48-23-11-9-21-46(48)41-18-6-3-7-19-41)59(38-53(54)42-32-34-62-35-33-42)63-55-26-14-12-24-49(55)51-30-28-43(36-57(51)63)47-22-10-8-20-45(47)40-16-4-2-5-17-40/h2-39H. The zero-order valence-electron chi connectivity index (χ0n) is 34.7. The summed E-state index contributed by atoms with van der Waals surface area (Å²) in [6, 6.07) is 77.9. The molecular formula is C60H38N4. The van der Waals surface area contributed by atoms with E-state index < -0.39 is 0 Å². The van der Waals surface area contributed by atoms with Crippen LogP contribution in [-0.4, -0.2) is 14.1 Å². The Morgan fingerprint density at radius 2 is 0.703 bits per heavy atom. The highest BCUT2D eigenvalue weighted by atomic mass is 15.1. The number of rotatable bonds is 7. The Hall–Kier alpha value is -8.78. The first-order valence-corrected chi connectivity index (χ1v) is 21.6. The van der Waals surface area contributed by atoms with Crippen LogP contribution in [0, 0.1) is 6.57 Å². The van der Waals surface area contributed by atoms with Crippen LogP contribution in [0.25, 0.3) is 115 Å². The minimum atomic E-state index is 0.569. The van der Waals surface area contributed by atoms with Crippen molar-refractivity contribution in [1.29, 1.82) is 0 Å². The molecule has 0 aliphatic carbocycles. The van der Waals surface area contributed by atoms with E-state index in [-0.39, 0.29) is 0 Å². The third-order valence-electron chi connectivity index (χ3n) is 12.7. The van der Waals surface area contributed by atoms with Crippen molar-refractivity contribution >= 4 is 49.3 Å². The van der Waals surface area contributed by atoms with Crippen molar-refractivity contribution in [3.05, 3.63) is 242 Å². The maximum absolute atomic E-state index is 8.65. The first kappa shape index (κ1) is 37.0. The van der Waals surface area contributed by atoms with Gasteiger partial charge in [0.1, 0.15) is 0 Å². The van der Waals surface area contributed by atoms with E-state index >= 15 is 0 Å². The van der Waals surface area contributed by atoms with Gasteiger partial charge in [-0.05, 0) is 104 Å². The van der Waals surface area contributed by atoms with Crippen LogP contribution in [0.4, 0.5) is 5.69 Å². The molecule has 0 spiro atoms. The highest BCUT2D eigenvalue weighted by molar-refractivity contribution is 6.13. The monoisotopic (exact) mass is 814 g/mol. The highest BCUT2D eigenvalue weighted by Gasteiger charge is 2.23. The zero-order valence-corrected chi connectivity index (χ0v) is 34.7. The summed E-state index contributed by atoms with van der Waals surface area (Å²) in [6.07, 6.45) is 3.60. The van der Waals surface area contributed by atoms with E-state index in [9.17, 15) is 0 Å². The number of para-hydroxylation sites is 2. The zero-order chi connectivity index (χ0) is 42.6. The molecule has 12 rings (SSSR count). The third-order valence-corrected chi connectivity index (χ3v) is 12.7. The fraction of sp³-hybridized carbons (Fsp3) is 0. The molecule has 0 aliphatic rings. The second-order valence-electron chi connectivity index (χ2n) is 16.2. The SMILES string of the molecule is [C-]#[N+]c1cc(-n2c3ccccc3c3ccc(-c4ccccc4-c4ccccc4)cc32)c(-n2c3ccccc3c3ccc(-c4ccccc4-c4ccccc4)cc32)cc1-c1ccncc1. The fourth-order valence-corrected chi connectivity index (χ4v) is 9.78. The lowest BCUT2D eigenvalue weighted by atomic mass is 9.94. The molecule has 64 heavy (non-hydrogen) atoms. The van der Waals surface area contributed by atoms with E-state index in [4.69, 9.17) is 6.57 Å². The maximum atomic E-state index is 8.65. The molecule has 0 saturated heterocycles. The Labute approximate surface area is 371 Å². The van der Waals surface area contributed by atoms with Crippen molar-refractivity contribution in [2.24, 2.45) is 0 Å². The van der Waals surface area contributed by atoms with E-state index in [0.29, 0.717) is 5.69 Å². The topological polar surface area (TPSA) is 27.1 Å². The minimum Gasteiger partial charge on any atom is -0.308 e. The number of hydrogen-bond acceptors (Lipinski definition) is 1. The van der Waals surface area contributed by atoms with Gasteiger partial charge in [0.25, 0.3) is 0 Å². The number of nitrogens with zero attached hydrogens (tertiary/aromatic N) is 4. The molecule has 0 saturated carbocycles. The number of fused-ring (bicyclic) bond motifs is 6. The summed E-state index contributed by atoms with van der Waals surface area (Å²) in [6.45, 7) is 8.65. The molecule has 0 fully saturated rings.